The number of carbonyl (C=O) groups is 1. The first-order valence-electron chi connectivity index (χ1n) is 4.50. The van der Waals surface area contributed by atoms with E-state index in [4.69, 9.17) is 0 Å². The van der Waals surface area contributed by atoms with Crippen LogP contribution in [0.25, 0.3) is 0 Å². The summed E-state index contributed by atoms with van der Waals surface area (Å²) in [5.41, 5.74) is 0.588. The SMILES string of the molecule is O=C(Nc1ncccn1)c1ccccc1.[Ag]. The summed E-state index contributed by atoms with van der Waals surface area (Å²) in [5, 5.41) is 2.60. The Morgan fingerprint density at radius 1 is 1.00 bits per heavy atom. The summed E-state index contributed by atoms with van der Waals surface area (Å²) in [6, 6.07) is 10.6. The number of aromatic nitrogens is 2. The Hall–Kier alpha value is -1.49. The monoisotopic (exact) mass is 306 g/mol. The molecule has 0 spiro atoms. The van der Waals surface area contributed by atoms with Crippen LogP contribution in [-0.4, -0.2) is 15.9 Å². The average molecular weight is 307 g/mol. The summed E-state index contributed by atoms with van der Waals surface area (Å²) in [4.78, 5) is 19.4. The minimum absolute atomic E-state index is 0. The molecule has 5 heteroatoms. The molecule has 0 saturated heterocycles. The van der Waals surface area contributed by atoms with Gasteiger partial charge in [0.05, 0.1) is 0 Å². The maximum atomic E-state index is 11.6. The number of benzene rings is 1. The Balaban J connectivity index is 0.00000128. The van der Waals surface area contributed by atoms with Crippen LogP contribution in [-0.2, 0) is 22.4 Å². The molecule has 4 nitrogen and oxygen atoms in total. The molecule has 1 heterocycles. The predicted octanol–water partition coefficient (Wildman–Crippen LogP) is 1.73. The molecule has 16 heavy (non-hydrogen) atoms. The number of carbonyl (C=O) groups excluding carboxylic acids is 1. The minimum atomic E-state index is -0.207. The van der Waals surface area contributed by atoms with Crippen molar-refractivity contribution in [2.45, 2.75) is 0 Å². The molecule has 1 aromatic heterocycles. The molecular formula is C11H9AgN3O. The molecule has 1 aromatic carbocycles. The van der Waals surface area contributed by atoms with E-state index in [-0.39, 0.29) is 28.3 Å². The van der Waals surface area contributed by atoms with Crippen LogP contribution in [0.2, 0.25) is 0 Å². The largest absolute Gasteiger partial charge is 0.290 e. The van der Waals surface area contributed by atoms with Crippen molar-refractivity contribution >= 4 is 11.9 Å². The van der Waals surface area contributed by atoms with Crippen LogP contribution in [0, 0.1) is 0 Å². The van der Waals surface area contributed by atoms with E-state index in [1.165, 1.54) is 0 Å². The van der Waals surface area contributed by atoms with E-state index in [1.807, 2.05) is 6.07 Å². The number of anilines is 1. The van der Waals surface area contributed by atoms with Crippen LogP contribution in [0.1, 0.15) is 10.4 Å². The van der Waals surface area contributed by atoms with Gasteiger partial charge in [0, 0.05) is 40.3 Å². The summed E-state index contributed by atoms with van der Waals surface area (Å²) in [6.45, 7) is 0. The molecule has 1 N–H and O–H groups in total. The van der Waals surface area contributed by atoms with Gasteiger partial charge >= 0.3 is 0 Å². The van der Waals surface area contributed by atoms with E-state index in [0.29, 0.717) is 11.5 Å². The smallest absolute Gasteiger partial charge is 0.258 e. The van der Waals surface area contributed by atoms with E-state index in [9.17, 15) is 4.79 Å². The van der Waals surface area contributed by atoms with Crippen molar-refractivity contribution in [3.63, 3.8) is 0 Å². The van der Waals surface area contributed by atoms with E-state index >= 15 is 0 Å². The average Bonchev–Trinajstić information content (AvgIpc) is 2.31. The number of hydrogen-bond donors (Lipinski definition) is 1. The first-order chi connectivity index (χ1) is 7.36. The number of amides is 1. The van der Waals surface area contributed by atoms with Gasteiger partial charge in [-0.2, -0.15) is 0 Å². The molecule has 1 radical (unpaired) electrons. The van der Waals surface area contributed by atoms with Crippen LogP contribution in [0.3, 0.4) is 0 Å². The molecule has 85 valence electrons. The quantitative estimate of drug-likeness (QED) is 0.860. The van der Waals surface area contributed by atoms with Gasteiger partial charge in [0.15, 0.2) is 0 Å². The van der Waals surface area contributed by atoms with Crippen molar-refractivity contribution < 1.29 is 27.2 Å². The van der Waals surface area contributed by atoms with Gasteiger partial charge in [0.1, 0.15) is 0 Å². The van der Waals surface area contributed by atoms with Crippen molar-refractivity contribution in [1.29, 1.82) is 0 Å². The molecular weight excluding hydrogens is 298 g/mol. The molecule has 0 fully saturated rings. The Morgan fingerprint density at radius 3 is 2.25 bits per heavy atom. The van der Waals surface area contributed by atoms with E-state index < -0.39 is 0 Å². The van der Waals surface area contributed by atoms with E-state index in [2.05, 4.69) is 15.3 Å². The second-order valence-electron chi connectivity index (χ2n) is 2.89. The fraction of sp³-hybridized carbons (Fsp3) is 0. The Kier molecular flexibility index (Phi) is 4.85. The van der Waals surface area contributed by atoms with E-state index in [1.54, 1.807) is 42.7 Å². The molecule has 0 aliphatic heterocycles. The summed E-state index contributed by atoms with van der Waals surface area (Å²) in [6.07, 6.45) is 3.15. The maximum absolute atomic E-state index is 11.6. The molecule has 1 amide bonds. The molecule has 0 atom stereocenters. The van der Waals surface area contributed by atoms with Gasteiger partial charge in [0.2, 0.25) is 5.95 Å². The number of nitrogens with zero attached hydrogens (tertiary/aromatic N) is 2. The Labute approximate surface area is 109 Å². The minimum Gasteiger partial charge on any atom is -0.290 e. The van der Waals surface area contributed by atoms with Gasteiger partial charge in [-0.1, -0.05) is 18.2 Å². The zero-order chi connectivity index (χ0) is 10.5. The fourth-order valence-corrected chi connectivity index (χ4v) is 1.13. The van der Waals surface area contributed by atoms with Gasteiger partial charge < -0.3 is 0 Å². The van der Waals surface area contributed by atoms with Crippen LogP contribution >= 0.6 is 0 Å². The molecule has 0 unspecified atom stereocenters. The standard InChI is InChI=1S/C11H9N3O.Ag/c15-10(9-5-2-1-3-6-9)14-11-12-7-4-8-13-11;/h1-8H,(H,12,13,14,15);. The van der Waals surface area contributed by atoms with Crippen molar-refractivity contribution in [2.75, 3.05) is 5.32 Å². The molecule has 0 saturated carbocycles. The zero-order valence-electron chi connectivity index (χ0n) is 8.22. The Bertz CT molecular complexity index is 447. The summed E-state index contributed by atoms with van der Waals surface area (Å²) in [7, 11) is 0. The third-order valence-electron chi connectivity index (χ3n) is 1.83. The molecule has 0 bridgehead atoms. The third-order valence-corrected chi connectivity index (χ3v) is 1.83. The third kappa shape index (κ3) is 3.27. The predicted molar refractivity (Wildman–Crippen MR) is 56.4 cm³/mol. The van der Waals surface area contributed by atoms with Gasteiger partial charge in [0.25, 0.3) is 5.91 Å². The normalized spacial score (nSPS) is 9.00. The van der Waals surface area contributed by atoms with Crippen molar-refractivity contribution in [1.82, 2.24) is 9.97 Å². The summed E-state index contributed by atoms with van der Waals surface area (Å²) >= 11 is 0. The van der Waals surface area contributed by atoms with Crippen LogP contribution in [0.15, 0.2) is 48.8 Å². The van der Waals surface area contributed by atoms with Gasteiger partial charge in [-0.15, -0.1) is 0 Å². The number of nitrogens with one attached hydrogen (secondary N) is 1. The maximum Gasteiger partial charge on any atom is 0.258 e. The number of rotatable bonds is 2. The first-order valence-corrected chi connectivity index (χ1v) is 4.50. The zero-order valence-corrected chi connectivity index (χ0v) is 9.71. The Morgan fingerprint density at radius 2 is 1.62 bits per heavy atom. The van der Waals surface area contributed by atoms with Crippen molar-refractivity contribution in [3.05, 3.63) is 54.4 Å². The molecule has 2 rings (SSSR count). The molecule has 2 aromatic rings. The second kappa shape index (κ2) is 6.17. The van der Waals surface area contributed by atoms with Crippen LogP contribution < -0.4 is 5.32 Å². The molecule has 0 aliphatic rings. The fourth-order valence-electron chi connectivity index (χ4n) is 1.13. The topological polar surface area (TPSA) is 54.9 Å². The summed E-state index contributed by atoms with van der Waals surface area (Å²) in [5.74, 6) is 0.105. The van der Waals surface area contributed by atoms with Gasteiger partial charge in [-0.3, -0.25) is 10.1 Å². The van der Waals surface area contributed by atoms with Crippen LogP contribution in [0.5, 0.6) is 0 Å². The number of hydrogen-bond acceptors (Lipinski definition) is 3. The molecule has 0 aliphatic carbocycles. The van der Waals surface area contributed by atoms with E-state index in [0.717, 1.165) is 0 Å². The van der Waals surface area contributed by atoms with Crippen LogP contribution in [0.4, 0.5) is 5.95 Å². The summed E-state index contributed by atoms with van der Waals surface area (Å²) < 4.78 is 0. The van der Waals surface area contributed by atoms with Gasteiger partial charge in [-0.05, 0) is 18.2 Å². The van der Waals surface area contributed by atoms with Gasteiger partial charge in [-0.25, -0.2) is 9.97 Å². The first kappa shape index (κ1) is 12.6. The van der Waals surface area contributed by atoms with Crippen molar-refractivity contribution in [3.8, 4) is 0 Å². The van der Waals surface area contributed by atoms with Crippen molar-refractivity contribution in [2.24, 2.45) is 0 Å². The second-order valence-corrected chi connectivity index (χ2v) is 2.89.